The summed E-state index contributed by atoms with van der Waals surface area (Å²) >= 11 is 0. The summed E-state index contributed by atoms with van der Waals surface area (Å²) in [5.74, 6) is -1.57. The fraction of sp³-hybridized carbons (Fsp3) is 0.222. The first kappa shape index (κ1) is 21.4. The number of aromatic nitrogens is 4. The van der Waals surface area contributed by atoms with Gasteiger partial charge in [-0.2, -0.15) is 13.2 Å². The molecule has 1 aromatic carbocycles. The Morgan fingerprint density at radius 1 is 1.17 bits per heavy atom. The number of nitrogens with one attached hydrogen (secondary N) is 2. The van der Waals surface area contributed by atoms with Crippen molar-refractivity contribution in [2.75, 3.05) is 6.26 Å². The number of alkyl halides is 3. The highest BCUT2D eigenvalue weighted by Gasteiger charge is 2.34. The number of aromatic amines is 1. The van der Waals surface area contributed by atoms with Crippen molar-refractivity contribution in [2.24, 2.45) is 0 Å². The van der Waals surface area contributed by atoms with E-state index < -0.39 is 33.4 Å². The molecule has 3 aromatic rings. The van der Waals surface area contributed by atoms with Gasteiger partial charge in [0, 0.05) is 17.5 Å². The Morgan fingerprint density at radius 3 is 2.37 bits per heavy atom. The van der Waals surface area contributed by atoms with E-state index in [0.717, 1.165) is 6.26 Å². The van der Waals surface area contributed by atoms with Gasteiger partial charge in [0.05, 0.1) is 29.2 Å². The highest BCUT2D eigenvalue weighted by atomic mass is 32.2. The van der Waals surface area contributed by atoms with Crippen LogP contribution in [-0.2, 0) is 22.6 Å². The molecule has 158 valence electrons. The standard InChI is InChI=1S/C18H16F3N5O3S/c1-10-14(24-9-23-10)8-22-17(27)16-25-13(7-15(26-16)18(19,20)21)11-3-5-12(6-4-11)30(2,28)29/h3-7,9H,8H2,1-2H3,(H,22,27)(H,23,24). The van der Waals surface area contributed by atoms with Crippen LogP contribution in [-0.4, -0.2) is 40.5 Å². The molecule has 0 aliphatic heterocycles. The molecule has 0 radical (unpaired) electrons. The van der Waals surface area contributed by atoms with Crippen molar-refractivity contribution in [3.8, 4) is 11.3 Å². The highest BCUT2D eigenvalue weighted by Crippen LogP contribution is 2.30. The zero-order valence-corrected chi connectivity index (χ0v) is 16.6. The monoisotopic (exact) mass is 439 g/mol. The van der Waals surface area contributed by atoms with E-state index in [2.05, 4.69) is 25.3 Å². The van der Waals surface area contributed by atoms with Crippen LogP contribution in [0.2, 0.25) is 0 Å². The molecule has 0 spiro atoms. The Morgan fingerprint density at radius 2 is 1.83 bits per heavy atom. The highest BCUT2D eigenvalue weighted by molar-refractivity contribution is 7.90. The summed E-state index contributed by atoms with van der Waals surface area (Å²) in [5.41, 5.74) is -0.0365. The third-order valence-electron chi connectivity index (χ3n) is 4.15. The van der Waals surface area contributed by atoms with Crippen molar-refractivity contribution in [1.29, 1.82) is 0 Å². The summed E-state index contributed by atoms with van der Waals surface area (Å²) in [6.45, 7) is 1.71. The minimum atomic E-state index is -4.81. The summed E-state index contributed by atoms with van der Waals surface area (Å²) in [6.07, 6.45) is -2.37. The molecule has 3 rings (SSSR count). The lowest BCUT2D eigenvalue weighted by Crippen LogP contribution is -2.27. The molecule has 1 amide bonds. The van der Waals surface area contributed by atoms with Crippen molar-refractivity contribution < 1.29 is 26.4 Å². The van der Waals surface area contributed by atoms with E-state index in [-0.39, 0.29) is 22.7 Å². The largest absolute Gasteiger partial charge is 0.433 e. The van der Waals surface area contributed by atoms with Crippen LogP contribution in [0, 0.1) is 6.92 Å². The average molecular weight is 439 g/mol. The SMILES string of the molecule is Cc1[nH]cnc1CNC(=O)c1nc(-c2ccc(S(C)(=O)=O)cc2)cc(C(F)(F)F)n1. The number of halogens is 3. The lowest BCUT2D eigenvalue weighted by molar-refractivity contribution is -0.141. The summed E-state index contributed by atoms with van der Waals surface area (Å²) in [5, 5.41) is 2.44. The topological polar surface area (TPSA) is 118 Å². The number of carbonyl (C=O) groups excluding carboxylic acids is 1. The van der Waals surface area contributed by atoms with E-state index in [9.17, 15) is 26.4 Å². The van der Waals surface area contributed by atoms with Gasteiger partial charge in [0.25, 0.3) is 5.91 Å². The second-order valence-electron chi connectivity index (χ2n) is 6.41. The summed E-state index contributed by atoms with van der Waals surface area (Å²) in [4.78, 5) is 26.5. The third kappa shape index (κ3) is 4.82. The minimum absolute atomic E-state index is 0.00342. The van der Waals surface area contributed by atoms with E-state index in [1.54, 1.807) is 6.92 Å². The summed E-state index contributed by atoms with van der Waals surface area (Å²) in [6, 6.07) is 5.83. The molecule has 0 aliphatic rings. The maximum atomic E-state index is 13.3. The molecule has 0 fully saturated rings. The molecule has 0 bridgehead atoms. The molecule has 0 atom stereocenters. The van der Waals surface area contributed by atoms with Crippen molar-refractivity contribution >= 4 is 15.7 Å². The molecule has 2 N–H and O–H groups in total. The number of hydrogen-bond acceptors (Lipinski definition) is 6. The van der Waals surface area contributed by atoms with Crippen molar-refractivity contribution in [2.45, 2.75) is 24.5 Å². The quantitative estimate of drug-likeness (QED) is 0.631. The first-order valence-electron chi connectivity index (χ1n) is 8.49. The van der Waals surface area contributed by atoms with Crippen LogP contribution in [0.25, 0.3) is 11.3 Å². The smallest absolute Gasteiger partial charge is 0.348 e. The maximum Gasteiger partial charge on any atom is 0.433 e. The zero-order valence-electron chi connectivity index (χ0n) is 15.8. The van der Waals surface area contributed by atoms with E-state index in [0.29, 0.717) is 17.5 Å². The van der Waals surface area contributed by atoms with Gasteiger partial charge in [0.2, 0.25) is 5.82 Å². The van der Waals surface area contributed by atoms with Gasteiger partial charge in [-0.15, -0.1) is 0 Å². The van der Waals surface area contributed by atoms with Gasteiger partial charge in [0.15, 0.2) is 9.84 Å². The number of sulfone groups is 1. The molecule has 2 aromatic heterocycles. The van der Waals surface area contributed by atoms with Crippen LogP contribution in [0.5, 0.6) is 0 Å². The number of rotatable bonds is 5. The van der Waals surface area contributed by atoms with Crippen LogP contribution in [0.1, 0.15) is 27.7 Å². The molecule has 30 heavy (non-hydrogen) atoms. The average Bonchev–Trinajstić information content (AvgIpc) is 3.09. The van der Waals surface area contributed by atoms with Gasteiger partial charge in [-0.25, -0.2) is 23.4 Å². The Bertz CT molecular complexity index is 1190. The van der Waals surface area contributed by atoms with Gasteiger partial charge >= 0.3 is 6.18 Å². The van der Waals surface area contributed by atoms with Crippen LogP contribution in [0.15, 0.2) is 41.6 Å². The molecule has 0 aliphatic carbocycles. The number of benzene rings is 1. The minimum Gasteiger partial charge on any atom is -0.348 e. The summed E-state index contributed by atoms with van der Waals surface area (Å²) < 4.78 is 63.0. The summed E-state index contributed by atoms with van der Waals surface area (Å²) in [7, 11) is -3.47. The number of aryl methyl sites for hydroxylation is 1. The second-order valence-corrected chi connectivity index (χ2v) is 8.43. The first-order valence-corrected chi connectivity index (χ1v) is 10.4. The molecule has 0 saturated carbocycles. The first-order chi connectivity index (χ1) is 13.9. The fourth-order valence-electron chi connectivity index (χ4n) is 2.52. The normalized spacial score (nSPS) is 12.0. The van der Waals surface area contributed by atoms with Crippen LogP contribution >= 0.6 is 0 Å². The number of H-pyrrole nitrogens is 1. The number of nitrogens with zero attached hydrogens (tertiary/aromatic N) is 3. The van der Waals surface area contributed by atoms with E-state index in [1.165, 1.54) is 30.6 Å². The number of hydrogen-bond donors (Lipinski definition) is 2. The predicted octanol–water partition coefficient (Wildman–Crippen LogP) is 2.53. The molecule has 0 saturated heterocycles. The molecular weight excluding hydrogens is 423 g/mol. The van der Waals surface area contributed by atoms with Gasteiger partial charge in [-0.1, -0.05) is 12.1 Å². The second kappa shape index (κ2) is 7.86. The molecular formula is C18H16F3N5O3S. The Hall–Kier alpha value is -3.28. The zero-order chi connectivity index (χ0) is 22.1. The third-order valence-corrected chi connectivity index (χ3v) is 5.28. The van der Waals surface area contributed by atoms with Crippen LogP contribution < -0.4 is 5.32 Å². The molecule has 12 heteroatoms. The molecule has 2 heterocycles. The van der Waals surface area contributed by atoms with E-state index in [4.69, 9.17) is 0 Å². The Labute approximate surface area is 169 Å². The van der Waals surface area contributed by atoms with Crippen molar-refractivity contribution in [1.82, 2.24) is 25.3 Å². The van der Waals surface area contributed by atoms with Crippen molar-refractivity contribution in [3.63, 3.8) is 0 Å². The van der Waals surface area contributed by atoms with E-state index >= 15 is 0 Å². The predicted molar refractivity (Wildman–Crippen MR) is 100 cm³/mol. The Kier molecular flexibility index (Phi) is 5.61. The van der Waals surface area contributed by atoms with Crippen LogP contribution in [0.4, 0.5) is 13.2 Å². The van der Waals surface area contributed by atoms with Gasteiger partial charge < -0.3 is 10.3 Å². The molecule has 0 unspecified atom stereocenters. The molecule has 8 nitrogen and oxygen atoms in total. The van der Waals surface area contributed by atoms with Crippen LogP contribution in [0.3, 0.4) is 0 Å². The maximum absolute atomic E-state index is 13.3. The van der Waals surface area contributed by atoms with E-state index in [1.807, 2.05) is 0 Å². The van der Waals surface area contributed by atoms with Crippen molar-refractivity contribution in [3.05, 3.63) is 59.6 Å². The number of carbonyl (C=O) groups is 1. The lowest BCUT2D eigenvalue weighted by Gasteiger charge is -2.11. The fourth-order valence-corrected chi connectivity index (χ4v) is 3.15. The number of amides is 1. The number of imidazole rings is 1. The van der Waals surface area contributed by atoms with Gasteiger partial charge in [-0.05, 0) is 25.1 Å². The van der Waals surface area contributed by atoms with Gasteiger partial charge in [0.1, 0.15) is 5.69 Å². The lowest BCUT2D eigenvalue weighted by atomic mass is 10.1. The van der Waals surface area contributed by atoms with Gasteiger partial charge in [-0.3, -0.25) is 4.79 Å². The Balaban J connectivity index is 1.96.